The van der Waals surface area contributed by atoms with Crippen LogP contribution in [0, 0.1) is 10.8 Å². The number of ether oxygens (including phenoxy) is 2. The van der Waals surface area contributed by atoms with Gasteiger partial charge in [-0.05, 0) is 57.9 Å². The molecule has 246 valence electrons. The van der Waals surface area contributed by atoms with E-state index >= 15 is 0 Å². The quantitative estimate of drug-likeness (QED) is 0.234. The fraction of sp³-hybridized carbons (Fsp3) is 0.486. The molecular formula is C37H43Cl3N2O4. The molecule has 0 spiro atoms. The number of amides is 1. The summed E-state index contributed by atoms with van der Waals surface area (Å²) in [5.74, 6) is -0.667. The van der Waals surface area contributed by atoms with Crippen LogP contribution in [-0.2, 0) is 27.4 Å². The average molecular weight is 686 g/mol. The zero-order chi connectivity index (χ0) is 32.7. The lowest BCUT2D eigenvalue weighted by molar-refractivity contribution is -0.253. The van der Waals surface area contributed by atoms with Crippen LogP contribution in [0.15, 0.2) is 72.8 Å². The van der Waals surface area contributed by atoms with Crippen LogP contribution in [0.2, 0.25) is 0 Å². The fourth-order valence-electron chi connectivity index (χ4n) is 8.14. The van der Waals surface area contributed by atoms with Crippen LogP contribution >= 0.6 is 34.8 Å². The van der Waals surface area contributed by atoms with E-state index in [9.17, 15) is 9.90 Å². The maximum Gasteiger partial charge on any atom is 0.272 e. The number of likely N-dealkylation sites (tertiary alicyclic amines) is 1. The number of alkyl halides is 3. The molecule has 3 fully saturated rings. The summed E-state index contributed by atoms with van der Waals surface area (Å²) in [7, 11) is 0. The van der Waals surface area contributed by atoms with Crippen LogP contribution in [0.4, 0.5) is 0 Å². The number of hydrogen-bond donors (Lipinski definition) is 2. The molecule has 1 amide bonds. The third kappa shape index (κ3) is 7.76. The minimum atomic E-state index is -2.02. The van der Waals surface area contributed by atoms with Gasteiger partial charge in [0.1, 0.15) is 0 Å². The lowest BCUT2D eigenvalue weighted by Gasteiger charge is -2.41. The second-order valence-electron chi connectivity index (χ2n) is 14.5. The van der Waals surface area contributed by atoms with Gasteiger partial charge in [0.05, 0.1) is 18.8 Å². The molecule has 9 heteroatoms. The Morgan fingerprint density at radius 1 is 0.957 bits per heavy atom. The molecule has 3 aromatic rings. The van der Waals surface area contributed by atoms with E-state index in [2.05, 4.69) is 67.4 Å². The van der Waals surface area contributed by atoms with E-state index in [0.29, 0.717) is 16.9 Å². The molecular weight excluding hydrogens is 643 g/mol. The summed E-state index contributed by atoms with van der Waals surface area (Å²) < 4.78 is 11.4. The first-order valence-electron chi connectivity index (χ1n) is 16.1. The lowest BCUT2D eigenvalue weighted by atomic mass is 9.65. The summed E-state index contributed by atoms with van der Waals surface area (Å²) in [4.78, 5) is 14.8. The van der Waals surface area contributed by atoms with E-state index in [1.807, 2.05) is 36.4 Å². The zero-order valence-corrected chi connectivity index (χ0v) is 28.9. The van der Waals surface area contributed by atoms with Crippen molar-refractivity contribution in [2.24, 2.45) is 10.8 Å². The van der Waals surface area contributed by atoms with Crippen molar-refractivity contribution in [3.05, 3.63) is 95.1 Å². The number of hydrogen-bond acceptors (Lipinski definition) is 5. The highest BCUT2D eigenvalue weighted by atomic mass is 35.6. The Bertz CT molecular complexity index is 1520. The molecule has 2 saturated heterocycles. The number of benzene rings is 3. The van der Waals surface area contributed by atoms with Crippen LogP contribution in [-0.4, -0.2) is 44.9 Å². The van der Waals surface area contributed by atoms with Gasteiger partial charge in [0.25, 0.3) is 9.70 Å². The summed E-state index contributed by atoms with van der Waals surface area (Å²) >= 11 is 17.2. The highest BCUT2D eigenvalue weighted by Gasteiger charge is 2.50. The maximum absolute atomic E-state index is 12.2. The normalized spacial score (nSPS) is 27.8. The number of aliphatic hydroxyl groups is 1. The number of nitrogens with one attached hydrogen (secondary N) is 1. The molecule has 5 unspecified atom stereocenters. The van der Waals surface area contributed by atoms with Gasteiger partial charge in [-0.25, -0.2) is 0 Å². The molecule has 6 nitrogen and oxygen atoms in total. The summed E-state index contributed by atoms with van der Waals surface area (Å²) in [6.07, 6.45) is 3.86. The van der Waals surface area contributed by atoms with E-state index in [1.165, 1.54) is 19.3 Å². The predicted molar refractivity (Wildman–Crippen MR) is 184 cm³/mol. The predicted octanol–water partition coefficient (Wildman–Crippen LogP) is 8.28. The molecule has 1 saturated carbocycles. The molecule has 0 aromatic heterocycles. The van der Waals surface area contributed by atoms with E-state index < -0.39 is 16.0 Å². The molecule has 3 aliphatic rings. The van der Waals surface area contributed by atoms with Gasteiger partial charge < -0.3 is 19.9 Å². The van der Waals surface area contributed by atoms with E-state index in [1.54, 1.807) is 0 Å². The van der Waals surface area contributed by atoms with Crippen LogP contribution < -0.4 is 5.32 Å². The van der Waals surface area contributed by atoms with Gasteiger partial charge in [0, 0.05) is 37.7 Å². The molecule has 2 N–H and O–H groups in total. The Labute approximate surface area is 287 Å². The first-order valence-corrected chi connectivity index (χ1v) is 17.2. The Hall–Kier alpha value is -2.16. The van der Waals surface area contributed by atoms with Gasteiger partial charge in [-0.3, -0.25) is 9.69 Å². The molecule has 2 heterocycles. The highest BCUT2D eigenvalue weighted by molar-refractivity contribution is 6.76. The van der Waals surface area contributed by atoms with Crippen LogP contribution in [0.5, 0.6) is 0 Å². The largest absolute Gasteiger partial charge is 0.392 e. The summed E-state index contributed by atoms with van der Waals surface area (Å²) in [5.41, 5.74) is 6.50. The lowest BCUT2D eigenvalue weighted by Crippen LogP contribution is -2.42. The Kier molecular flexibility index (Phi) is 9.82. The number of rotatable bonds is 8. The maximum atomic E-state index is 12.2. The Balaban J connectivity index is 1.22. The molecule has 2 aliphatic heterocycles. The summed E-state index contributed by atoms with van der Waals surface area (Å²) in [6.45, 7) is 9.51. The number of carbonyl (C=O) groups is 1. The third-order valence-electron chi connectivity index (χ3n) is 9.78. The van der Waals surface area contributed by atoms with Crippen LogP contribution in [0.1, 0.15) is 81.1 Å². The average Bonchev–Trinajstić information content (AvgIpc) is 3.26. The smallest absolute Gasteiger partial charge is 0.272 e. The van der Waals surface area contributed by atoms with Crippen molar-refractivity contribution in [3.63, 3.8) is 0 Å². The molecule has 46 heavy (non-hydrogen) atoms. The molecule has 5 atom stereocenters. The topological polar surface area (TPSA) is 71.0 Å². The minimum absolute atomic E-state index is 0.00858. The monoisotopic (exact) mass is 684 g/mol. The van der Waals surface area contributed by atoms with Crippen LogP contribution in [0.3, 0.4) is 0 Å². The fourth-order valence-corrected chi connectivity index (χ4v) is 8.34. The standard InChI is InChI=1S/C37H43Cl3N2O4/c1-35(2)17-29-18-36(3,22-35)23-42(29)20-30-16-32(26-10-8-24(21-43)9-11-26)46-33(45-30)27-14-12-25(13-15-27)31-7-5-4-6-28(31)19-41-34(44)37(38,39)40/h4-15,29-30,32-33,43H,16-23H2,1-3H3,(H,41,44). The summed E-state index contributed by atoms with van der Waals surface area (Å²) in [6, 6.07) is 24.7. The molecule has 6 rings (SSSR count). The van der Waals surface area contributed by atoms with Crippen LogP contribution in [0.25, 0.3) is 11.1 Å². The van der Waals surface area contributed by atoms with Gasteiger partial charge in [0.15, 0.2) is 6.29 Å². The van der Waals surface area contributed by atoms with Crippen molar-refractivity contribution >= 4 is 40.7 Å². The van der Waals surface area contributed by atoms with Gasteiger partial charge in [-0.15, -0.1) is 0 Å². The SMILES string of the molecule is CC1(C)CC2CC(C)(CN2CC2CC(c3ccc(CO)cc3)OC(c3ccc(-c4ccccc4CNC(=O)C(Cl)(Cl)Cl)cc3)O2)C1. The molecule has 2 bridgehead atoms. The zero-order valence-electron chi connectivity index (χ0n) is 26.6. The molecule has 3 aromatic carbocycles. The number of nitrogens with zero attached hydrogens (tertiary/aromatic N) is 1. The van der Waals surface area contributed by atoms with Crippen molar-refractivity contribution in [1.82, 2.24) is 10.2 Å². The number of aliphatic hydroxyl groups excluding tert-OH is 1. The van der Waals surface area contributed by atoms with Gasteiger partial charge >= 0.3 is 0 Å². The molecule has 0 radical (unpaired) electrons. The van der Waals surface area contributed by atoms with Crippen molar-refractivity contribution < 1.29 is 19.4 Å². The highest BCUT2D eigenvalue weighted by Crippen LogP contribution is 2.53. The number of fused-ring (bicyclic) bond motifs is 2. The van der Waals surface area contributed by atoms with Gasteiger partial charge in [-0.2, -0.15) is 0 Å². The minimum Gasteiger partial charge on any atom is -0.392 e. The number of carbonyl (C=O) groups excluding carboxylic acids is 1. The van der Waals surface area contributed by atoms with Gasteiger partial charge in [-0.1, -0.05) is 128 Å². The Morgan fingerprint density at radius 3 is 2.35 bits per heavy atom. The van der Waals surface area contributed by atoms with Crippen molar-refractivity contribution in [1.29, 1.82) is 0 Å². The Morgan fingerprint density at radius 2 is 1.65 bits per heavy atom. The third-order valence-corrected chi connectivity index (χ3v) is 10.3. The van der Waals surface area contributed by atoms with Crippen molar-refractivity contribution in [3.8, 4) is 11.1 Å². The van der Waals surface area contributed by atoms with Gasteiger partial charge in [0.2, 0.25) is 0 Å². The van der Waals surface area contributed by atoms with E-state index in [4.69, 9.17) is 44.3 Å². The summed E-state index contributed by atoms with van der Waals surface area (Å²) in [5, 5.41) is 12.3. The van der Waals surface area contributed by atoms with Crippen molar-refractivity contribution in [2.75, 3.05) is 13.1 Å². The first-order chi connectivity index (χ1) is 21.8. The van der Waals surface area contributed by atoms with E-state index in [-0.39, 0.29) is 25.4 Å². The second-order valence-corrected chi connectivity index (χ2v) is 16.7. The van der Waals surface area contributed by atoms with Crippen molar-refractivity contribution in [2.45, 2.75) is 87.9 Å². The second kappa shape index (κ2) is 13.4. The molecule has 1 aliphatic carbocycles. The van der Waals surface area contributed by atoms with E-state index in [0.717, 1.165) is 52.9 Å². The number of halogens is 3. The first kappa shape index (κ1) is 33.7.